The average Bonchev–Trinajstić information content (AvgIpc) is 2.26. The van der Waals surface area contributed by atoms with Crippen molar-refractivity contribution in [3.8, 4) is 0 Å². The molecule has 2 atom stereocenters. The lowest BCUT2D eigenvalue weighted by Gasteiger charge is -2.35. The van der Waals surface area contributed by atoms with Gasteiger partial charge in [0.15, 0.2) is 0 Å². The average molecular weight is 262 g/mol. The Bertz CT molecular complexity index is 448. The van der Waals surface area contributed by atoms with Crippen LogP contribution in [0.3, 0.4) is 0 Å². The third-order valence-electron chi connectivity index (χ3n) is 3.60. The van der Waals surface area contributed by atoms with Crippen molar-refractivity contribution >= 4 is 5.97 Å². The summed E-state index contributed by atoms with van der Waals surface area (Å²) in [5, 5.41) is 8.91. The minimum absolute atomic E-state index is 0.0860. The van der Waals surface area contributed by atoms with E-state index in [2.05, 4.69) is 36.1 Å². The second-order valence-corrected chi connectivity index (χ2v) is 5.64. The van der Waals surface area contributed by atoms with E-state index in [1.807, 2.05) is 0 Å². The number of piperidine rings is 1. The Labute approximate surface area is 114 Å². The lowest BCUT2D eigenvalue weighted by molar-refractivity contribution is -0.138. The van der Waals surface area contributed by atoms with Gasteiger partial charge in [-0.25, -0.2) is 0 Å². The van der Waals surface area contributed by atoms with E-state index < -0.39 is 5.97 Å². The van der Waals surface area contributed by atoms with E-state index in [9.17, 15) is 4.79 Å². The number of nitrogens with two attached hydrogens (primary N) is 1. The fraction of sp³-hybridized carbons (Fsp3) is 0.533. The first-order valence-corrected chi connectivity index (χ1v) is 6.78. The summed E-state index contributed by atoms with van der Waals surface area (Å²) in [6.45, 7) is 4.61. The molecule has 1 heterocycles. The molecule has 104 valence electrons. The molecule has 2 rings (SSSR count). The van der Waals surface area contributed by atoms with Crippen molar-refractivity contribution in [2.45, 2.75) is 32.4 Å². The van der Waals surface area contributed by atoms with Gasteiger partial charge in [-0.2, -0.15) is 0 Å². The van der Waals surface area contributed by atoms with Crippen molar-refractivity contribution in [3.63, 3.8) is 0 Å². The molecule has 3 N–H and O–H groups in total. The number of hydrogen-bond donors (Lipinski definition) is 2. The standard InChI is InChI=1S/C15H22N2O2/c1-11-3-2-4-12(5-11)8-17-9-13(7-15(18)19)6-14(16)10-17/h2-5,13-14H,6-10,16H2,1H3,(H,18,19). The molecule has 0 saturated carbocycles. The van der Waals surface area contributed by atoms with Crippen molar-refractivity contribution < 1.29 is 9.90 Å². The maximum atomic E-state index is 10.8. The Morgan fingerprint density at radius 1 is 1.47 bits per heavy atom. The van der Waals surface area contributed by atoms with Crippen molar-refractivity contribution in [3.05, 3.63) is 35.4 Å². The zero-order valence-corrected chi connectivity index (χ0v) is 11.4. The molecule has 0 aromatic heterocycles. The largest absolute Gasteiger partial charge is 0.481 e. The number of rotatable bonds is 4. The van der Waals surface area contributed by atoms with Crippen LogP contribution in [0.5, 0.6) is 0 Å². The molecule has 2 unspecified atom stereocenters. The number of carboxylic acids is 1. The van der Waals surface area contributed by atoms with E-state index in [1.54, 1.807) is 0 Å². The van der Waals surface area contributed by atoms with E-state index in [4.69, 9.17) is 10.8 Å². The summed E-state index contributed by atoms with van der Waals surface area (Å²) in [5.41, 5.74) is 8.56. The Morgan fingerprint density at radius 3 is 2.95 bits per heavy atom. The smallest absolute Gasteiger partial charge is 0.303 e. The molecule has 0 radical (unpaired) electrons. The molecule has 1 saturated heterocycles. The monoisotopic (exact) mass is 262 g/mol. The van der Waals surface area contributed by atoms with Gasteiger partial charge in [0, 0.05) is 32.1 Å². The quantitative estimate of drug-likeness (QED) is 0.865. The molecule has 19 heavy (non-hydrogen) atoms. The Morgan fingerprint density at radius 2 is 2.26 bits per heavy atom. The highest BCUT2D eigenvalue weighted by molar-refractivity contribution is 5.67. The summed E-state index contributed by atoms with van der Waals surface area (Å²) >= 11 is 0. The highest BCUT2D eigenvalue weighted by Gasteiger charge is 2.26. The summed E-state index contributed by atoms with van der Waals surface area (Å²) in [4.78, 5) is 13.1. The second kappa shape index (κ2) is 6.17. The van der Waals surface area contributed by atoms with Crippen molar-refractivity contribution in [1.82, 2.24) is 4.90 Å². The Hall–Kier alpha value is -1.39. The highest BCUT2D eigenvalue weighted by Crippen LogP contribution is 2.21. The van der Waals surface area contributed by atoms with Gasteiger partial charge < -0.3 is 10.8 Å². The molecule has 0 spiro atoms. The number of nitrogens with zero attached hydrogens (tertiary/aromatic N) is 1. The first-order valence-electron chi connectivity index (χ1n) is 6.78. The van der Waals surface area contributed by atoms with Crippen LogP contribution < -0.4 is 5.73 Å². The molecular formula is C15H22N2O2. The van der Waals surface area contributed by atoms with Crippen LogP contribution in [0.1, 0.15) is 24.0 Å². The molecule has 1 aliphatic rings. The van der Waals surface area contributed by atoms with Crippen molar-refractivity contribution in [1.29, 1.82) is 0 Å². The zero-order chi connectivity index (χ0) is 13.8. The van der Waals surface area contributed by atoms with Crippen molar-refractivity contribution in [2.24, 2.45) is 11.7 Å². The van der Waals surface area contributed by atoms with Crippen molar-refractivity contribution in [2.75, 3.05) is 13.1 Å². The first-order chi connectivity index (χ1) is 9.02. The van der Waals surface area contributed by atoms with Gasteiger partial charge in [-0.1, -0.05) is 29.8 Å². The van der Waals surface area contributed by atoms with Gasteiger partial charge in [0.25, 0.3) is 0 Å². The SMILES string of the molecule is Cc1cccc(CN2CC(N)CC(CC(=O)O)C2)c1. The molecule has 0 bridgehead atoms. The molecule has 0 aliphatic carbocycles. The number of carbonyl (C=O) groups is 1. The number of hydrogen-bond acceptors (Lipinski definition) is 3. The van der Waals surface area contributed by atoms with E-state index in [-0.39, 0.29) is 18.4 Å². The minimum atomic E-state index is -0.727. The number of aliphatic carboxylic acids is 1. The van der Waals surface area contributed by atoms with Gasteiger partial charge in [0.1, 0.15) is 0 Å². The van der Waals surface area contributed by atoms with E-state index in [1.165, 1.54) is 11.1 Å². The number of likely N-dealkylation sites (tertiary alicyclic amines) is 1. The van der Waals surface area contributed by atoms with Gasteiger partial charge in [-0.15, -0.1) is 0 Å². The molecule has 4 nitrogen and oxygen atoms in total. The minimum Gasteiger partial charge on any atom is -0.481 e. The van der Waals surface area contributed by atoms with Gasteiger partial charge in [-0.3, -0.25) is 9.69 Å². The summed E-state index contributed by atoms with van der Waals surface area (Å²) in [5.74, 6) is -0.555. The molecule has 1 aliphatic heterocycles. The lowest BCUT2D eigenvalue weighted by Crippen LogP contribution is -2.46. The number of carboxylic acid groups (broad SMARTS) is 1. The number of benzene rings is 1. The van der Waals surface area contributed by atoms with Gasteiger partial charge in [0.2, 0.25) is 0 Å². The predicted molar refractivity (Wildman–Crippen MR) is 74.8 cm³/mol. The van der Waals surface area contributed by atoms with Crippen LogP contribution >= 0.6 is 0 Å². The molecule has 1 fully saturated rings. The fourth-order valence-corrected chi connectivity index (χ4v) is 2.94. The fourth-order valence-electron chi connectivity index (χ4n) is 2.94. The summed E-state index contributed by atoms with van der Waals surface area (Å²) < 4.78 is 0. The van der Waals surface area contributed by atoms with E-state index in [0.717, 1.165) is 26.1 Å². The van der Waals surface area contributed by atoms with Gasteiger partial charge >= 0.3 is 5.97 Å². The molecule has 4 heteroatoms. The molecule has 1 aromatic rings. The predicted octanol–water partition coefficient (Wildman–Crippen LogP) is 1.62. The van der Waals surface area contributed by atoms with Gasteiger partial charge in [0.05, 0.1) is 0 Å². The van der Waals surface area contributed by atoms with Gasteiger partial charge in [-0.05, 0) is 24.8 Å². The highest BCUT2D eigenvalue weighted by atomic mass is 16.4. The Balaban J connectivity index is 1.97. The molecular weight excluding hydrogens is 240 g/mol. The third-order valence-corrected chi connectivity index (χ3v) is 3.60. The van der Waals surface area contributed by atoms with E-state index >= 15 is 0 Å². The van der Waals surface area contributed by atoms with Crippen LogP contribution in [0.25, 0.3) is 0 Å². The summed E-state index contributed by atoms with van der Waals surface area (Å²) in [6.07, 6.45) is 1.04. The normalized spacial score (nSPS) is 24.3. The topological polar surface area (TPSA) is 66.6 Å². The lowest BCUT2D eigenvalue weighted by atomic mass is 9.91. The van der Waals surface area contributed by atoms with Crippen LogP contribution in [-0.2, 0) is 11.3 Å². The molecule has 1 aromatic carbocycles. The second-order valence-electron chi connectivity index (χ2n) is 5.64. The van der Waals surface area contributed by atoms with Crippen LogP contribution in [0.4, 0.5) is 0 Å². The van der Waals surface area contributed by atoms with Crippen LogP contribution in [0, 0.1) is 12.8 Å². The number of aryl methyl sites for hydroxylation is 1. The van der Waals surface area contributed by atoms with Crippen LogP contribution in [0.15, 0.2) is 24.3 Å². The first kappa shape index (κ1) is 14.0. The third kappa shape index (κ3) is 4.33. The maximum absolute atomic E-state index is 10.8. The summed E-state index contributed by atoms with van der Waals surface area (Å²) in [6, 6.07) is 8.51. The van der Waals surface area contributed by atoms with Crippen LogP contribution in [0.2, 0.25) is 0 Å². The zero-order valence-electron chi connectivity index (χ0n) is 11.4. The molecule has 0 amide bonds. The van der Waals surface area contributed by atoms with E-state index in [0.29, 0.717) is 0 Å². The Kier molecular flexibility index (Phi) is 4.56. The summed E-state index contributed by atoms with van der Waals surface area (Å²) in [7, 11) is 0. The van der Waals surface area contributed by atoms with Crippen LogP contribution in [-0.4, -0.2) is 35.1 Å². The maximum Gasteiger partial charge on any atom is 0.303 e.